The molecule has 1 aliphatic heterocycles. The largest absolute Gasteiger partial charge is 0.461 e. The van der Waals surface area contributed by atoms with Gasteiger partial charge in [-0.15, -0.1) is 0 Å². The van der Waals surface area contributed by atoms with Crippen LogP contribution >= 0.6 is 23.2 Å². The van der Waals surface area contributed by atoms with E-state index < -0.39 is 0 Å². The van der Waals surface area contributed by atoms with Gasteiger partial charge in [0.1, 0.15) is 6.61 Å². The molecule has 18 heavy (non-hydrogen) atoms. The van der Waals surface area contributed by atoms with E-state index in [0.29, 0.717) is 0 Å². The lowest BCUT2D eigenvalue weighted by Gasteiger charge is -2.13. The highest BCUT2D eigenvalue weighted by Crippen LogP contribution is 2.13. The van der Waals surface area contributed by atoms with Gasteiger partial charge in [-0.2, -0.15) is 15.0 Å². The summed E-state index contributed by atoms with van der Waals surface area (Å²) in [6.07, 6.45) is 0.504. The lowest BCUT2D eigenvalue weighted by atomic mass is 10.4. The standard InChI is InChI=1S/C9H8Cl2N4O3/c10-7-12-8(11)14-9(13-7)18-4-3-15-5(16)1-2-6(15)17/h1-4H2. The van der Waals surface area contributed by atoms with E-state index in [-0.39, 0.29) is 54.4 Å². The number of hydrogen-bond donors (Lipinski definition) is 0. The van der Waals surface area contributed by atoms with Crippen molar-refractivity contribution in [2.75, 3.05) is 13.2 Å². The summed E-state index contributed by atoms with van der Waals surface area (Å²) in [6.45, 7) is 0.229. The SMILES string of the molecule is O=C1CCC(=O)N1CCOc1nc(Cl)nc(Cl)n1. The number of aromatic nitrogens is 3. The number of amides is 2. The maximum Gasteiger partial charge on any atom is 0.322 e. The van der Waals surface area contributed by atoms with E-state index in [2.05, 4.69) is 15.0 Å². The van der Waals surface area contributed by atoms with E-state index in [1.807, 2.05) is 0 Å². The number of carbonyl (C=O) groups is 2. The van der Waals surface area contributed by atoms with Gasteiger partial charge in [-0.25, -0.2) is 0 Å². The van der Waals surface area contributed by atoms with E-state index in [1.165, 1.54) is 0 Å². The zero-order chi connectivity index (χ0) is 13.1. The third kappa shape index (κ3) is 3.05. The number of nitrogens with zero attached hydrogens (tertiary/aromatic N) is 4. The van der Waals surface area contributed by atoms with Crippen molar-refractivity contribution < 1.29 is 14.3 Å². The lowest BCUT2D eigenvalue weighted by Crippen LogP contribution is -2.33. The van der Waals surface area contributed by atoms with Gasteiger partial charge in [-0.05, 0) is 23.2 Å². The number of hydrogen-bond acceptors (Lipinski definition) is 6. The van der Waals surface area contributed by atoms with Crippen LogP contribution in [0.1, 0.15) is 12.8 Å². The van der Waals surface area contributed by atoms with Crippen molar-refractivity contribution in [1.82, 2.24) is 19.9 Å². The van der Waals surface area contributed by atoms with Crippen LogP contribution < -0.4 is 4.74 Å². The molecule has 0 atom stereocenters. The van der Waals surface area contributed by atoms with Gasteiger partial charge < -0.3 is 4.74 Å². The summed E-state index contributed by atoms with van der Waals surface area (Å²) < 4.78 is 5.15. The van der Waals surface area contributed by atoms with Crippen LogP contribution in [0.3, 0.4) is 0 Å². The van der Waals surface area contributed by atoms with Gasteiger partial charge in [-0.1, -0.05) is 0 Å². The van der Waals surface area contributed by atoms with E-state index >= 15 is 0 Å². The summed E-state index contributed by atoms with van der Waals surface area (Å²) in [6, 6.07) is -0.0425. The molecule has 9 heteroatoms. The molecule has 7 nitrogen and oxygen atoms in total. The van der Waals surface area contributed by atoms with Crippen molar-refractivity contribution >= 4 is 35.0 Å². The summed E-state index contributed by atoms with van der Waals surface area (Å²) in [5, 5.41) is -0.170. The zero-order valence-corrected chi connectivity index (χ0v) is 10.6. The molecule has 1 aliphatic rings. The fraction of sp³-hybridized carbons (Fsp3) is 0.444. The quantitative estimate of drug-likeness (QED) is 0.759. The summed E-state index contributed by atoms with van der Waals surface area (Å²) in [7, 11) is 0. The molecule has 0 unspecified atom stereocenters. The first-order valence-corrected chi connectivity index (χ1v) is 5.85. The maximum absolute atomic E-state index is 11.3. The smallest absolute Gasteiger partial charge is 0.322 e. The number of halogens is 2. The van der Waals surface area contributed by atoms with Crippen LogP contribution in [0.4, 0.5) is 0 Å². The van der Waals surface area contributed by atoms with Gasteiger partial charge in [0.05, 0.1) is 6.54 Å². The molecule has 2 amide bonds. The Morgan fingerprint density at radius 3 is 2.17 bits per heavy atom. The van der Waals surface area contributed by atoms with Crippen molar-refractivity contribution in [3.8, 4) is 6.01 Å². The van der Waals surface area contributed by atoms with Crippen LogP contribution in [-0.4, -0.2) is 44.8 Å². The highest BCUT2D eigenvalue weighted by molar-refractivity contribution is 6.31. The van der Waals surface area contributed by atoms with Crippen LogP contribution in [0.5, 0.6) is 6.01 Å². The highest BCUT2D eigenvalue weighted by atomic mass is 35.5. The minimum absolute atomic E-state index is 0.0425. The van der Waals surface area contributed by atoms with E-state index in [1.54, 1.807) is 0 Å². The van der Waals surface area contributed by atoms with Crippen molar-refractivity contribution in [2.24, 2.45) is 0 Å². The normalized spacial score (nSPS) is 15.3. The molecule has 0 N–H and O–H groups in total. The lowest BCUT2D eigenvalue weighted by molar-refractivity contribution is -0.138. The number of carbonyl (C=O) groups excluding carboxylic acids is 2. The average molecular weight is 291 g/mol. The third-order valence-electron chi connectivity index (χ3n) is 2.26. The van der Waals surface area contributed by atoms with Crippen molar-refractivity contribution in [1.29, 1.82) is 0 Å². The number of imide groups is 1. The summed E-state index contributed by atoms with van der Waals surface area (Å²) in [4.78, 5) is 34.7. The van der Waals surface area contributed by atoms with E-state index in [4.69, 9.17) is 27.9 Å². The molecule has 0 saturated carbocycles. The average Bonchev–Trinajstić information content (AvgIpc) is 2.59. The molecule has 2 heterocycles. The molecular weight excluding hydrogens is 283 g/mol. The molecule has 0 aliphatic carbocycles. The molecule has 0 spiro atoms. The molecule has 0 radical (unpaired) electrons. The second-order valence-corrected chi connectivity index (χ2v) is 4.12. The second kappa shape index (κ2) is 5.45. The minimum Gasteiger partial charge on any atom is -0.461 e. The molecule has 1 fully saturated rings. The van der Waals surface area contributed by atoms with Gasteiger partial charge >= 0.3 is 6.01 Å². The van der Waals surface area contributed by atoms with Crippen molar-refractivity contribution in [3.05, 3.63) is 10.6 Å². The van der Waals surface area contributed by atoms with Crippen molar-refractivity contribution in [3.63, 3.8) is 0 Å². The fourth-order valence-corrected chi connectivity index (χ4v) is 1.82. The summed E-state index contributed by atoms with van der Waals surface area (Å²) in [5.41, 5.74) is 0. The molecule has 96 valence electrons. The van der Waals surface area contributed by atoms with Gasteiger partial charge in [0.25, 0.3) is 0 Å². The Hall–Kier alpha value is -1.47. The Morgan fingerprint density at radius 1 is 1.06 bits per heavy atom. The third-order valence-corrected chi connectivity index (χ3v) is 2.60. The molecule has 0 bridgehead atoms. The molecule has 1 saturated heterocycles. The Labute approximate surface area is 112 Å². The summed E-state index contributed by atoms with van der Waals surface area (Å²) >= 11 is 11.1. The van der Waals surface area contributed by atoms with Crippen LogP contribution in [0.15, 0.2) is 0 Å². The molecular formula is C9H8Cl2N4O3. The Kier molecular flexibility index (Phi) is 3.93. The Morgan fingerprint density at radius 2 is 1.61 bits per heavy atom. The van der Waals surface area contributed by atoms with Crippen LogP contribution in [0.2, 0.25) is 10.6 Å². The zero-order valence-electron chi connectivity index (χ0n) is 9.10. The predicted octanol–water partition coefficient (Wildman–Crippen LogP) is 0.706. The molecule has 1 aromatic heterocycles. The van der Waals surface area contributed by atoms with Gasteiger partial charge in [0.2, 0.25) is 22.4 Å². The van der Waals surface area contributed by atoms with Gasteiger partial charge in [0.15, 0.2) is 0 Å². The minimum atomic E-state index is -0.199. The monoisotopic (exact) mass is 290 g/mol. The van der Waals surface area contributed by atoms with Crippen molar-refractivity contribution in [2.45, 2.75) is 12.8 Å². The van der Waals surface area contributed by atoms with E-state index in [0.717, 1.165) is 4.90 Å². The molecule has 1 aromatic rings. The topological polar surface area (TPSA) is 85.3 Å². The fourth-order valence-electron chi connectivity index (χ4n) is 1.47. The van der Waals surface area contributed by atoms with Crippen LogP contribution in [0.25, 0.3) is 0 Å². The number of rotatable bonds is 4. The predicted molar refractivity (Wildman–Crippen MR) is 61.3 cm³/mol. The number of ether oxygens (including phenoxy) is 1. The number of likely N-dealkylation sites (tertiary alicyclic amines) is 1. The van der Waals surface area contributed by atoms with Crippen LogP contribution in [0, 0.1) is 0 Å². The maximum atomic E-state index is 11.3. The Balaban J connectivity index is 1.88. The Bertz CT molecular complexity index is 460. The van der Waals surface area contributed by atoms with Gasteiger partial charge in [0, 0.05) is 12.8 Å². The molecule has 2 rings (SSSR count). The second-order valence-electron chi connectivity index (χ2n) is 3.44. The van der Waals surface area contributed by atoms with E-state index in [9.17, 15) is 9.59 Å². The highest BCUT2D eigenvalue weighted by Gasteiger charge is 2.28. The summed E-state index contributed by atoms with van der Waals surface area (Å²) in [5.74, 6) is -0.398. The molecule has 0 aromatic carbocycles. The first-order chi connectivity index (χ1) is 8.56. The first kappa shape index (κ1) is 13.0. The van der Waals surface area contributed by atoms with Crippen LogP contribution in [-0.2, 0) is 9.59 Å². The van der Waals surface area contributed by atoms with Gasteiger partial charge in [-0.3, -0.25) is 14.5 Å². The first-order valence-electron chi connectivity index (χ1n) is 5.09.